The first-order chi connectivity index (χ1) is 8.18. The summed E-state index contributed by atoms with van der Waals surface area (Å²) in [6.07, 6.45) is 1.68. The van der Waals surface area contributed by atoms with Crippen LogP contribution in [0.1, 0.15) is 20.9 Å². The maximum absolute atomic E-state index is 11.9. The summed E-state index contributed by atoms with van der Waals surface area (Å²) in [4.78, 5) is 17.1. The summed E-state index contributed by atoms with van der Waals surface area (Å²) in [6, 6.07) is 5.52. The Bertz CT molecular complexity index is 539. The molecule has 0 saturated carbocycles. The second-order valence-corrected chi connectivity index (χ2v) is 5.37. The Balaban J connectivity index is 2.04. The van der Waals surface area contributed by atoms with Crippen LogP contribution in [0.15, 0.2) is 34.2 Å². The van der Waals surface area contributed by atoms with Crippen molar-refractivity contribution in [3.05, 3.63) is 50.4 Å². The first-order valence-corrected chi connectivity index (χ1v) is 6.77. The van der Waals surface area contributed by atoms with Gasteiger partial charge in [-0.25, -0.2) is 0 Å². The highest BCUT2D eigenvalue weighted by Crippen LogP contribution is 2.22. The van der Waals surface area contributed by atoms with Crippen molar-refractivity contribution in [1.82, 2.24) is 10.3 Å². The summed E-state index contributed by atoms with van der Waals surface area (Å²) < 4.78 is 1.03. The summed E-state index contributed by atoms with van der Waals surface area (Å²) in [5.41, 5.74) is 1.37. The van der Waals surface area contributed by atoms with E-state index in [0.29, 0.717) is 12.1 Å². The van der Waals surface area contributed by atoms with E-state index < -0.39 is 0 Å². The minimum atomic E-state index is -0.0871. The molecule has 0 saturated heterocycles. The standard InChI is InChI=1S/C12H11BrN2OS/c1-8-9(3-2-5-14-8)12(16)15-7-11-10(13)4-6-17-11/h2-6H,7H2,1H3,(H,15,16). The largest absolute Gasteiger partial charge is 0.347 e. The van der Waals surface area contributed by atoms with Crippen molar-refractivity contribution in [2.24, 2.45) is 0 Å². The van der Waals surface area contributed by atoms with Gasteiger partial charge in [0.15, 0.2) is 0 Å². The van der Waals surface area contributed by atoms with Crippen molar-refractivity contribution >= 4 is 33.2 Å². The van der Waals surface area contributed by atoms with Gasteiger partial charge in [0, 0.05) is 21.2 Å². The predicted molar refractivity (Wildman–Crippen MR) is 72.2 cm³/mol. The Morgan fingerprint density at radius 3 is 3.00 bits per heavy atom. The fraction of sp³-hybridized carbons (Fsp3) is 0.167. The van der Waals surface area contributed by atoms with Crippen molar-refractivity contribution in [2.45, 2.75) is 13.5 Å². The van der Waals surface area contributed by atoms with E-state index in [1.54, 1.807) is 29.7 Å². The van der Waals surface area contributed by atoms with Gasteiger partial charge in [-0.15, -0.1) is 11.3 Å². The molecule has 0 aromatic carbocycles. The molecule has 0 aliphatic heterocycles. The number of aromatic nitrogens is 1. The average molecular weight is 311 g/mol. The fourth-order valence-corrected chi connectivity index (χ4v) is 2.86. The van der Waals surface area contributed by atoms with E-state index in [1.807, 2.05) is 18.4 Å². The van der Waals surface area contributed by atoms with Crippen molar-refractivity contribution in [2.75, 3.05) is 0 Å². The molecule has 2 heterocycles. The van der Waals surface area contributed by atoms with Gasteiger partial charge in [-0.1, -0.05) is 0 Å². The minimum absolute atomic E-state index is 0.0871. The van der Waals surface area contributed by atoms with E-state index in [9.17, 15) is 4.79 Å². The quantitative estimate of drug-likeness (QED) is 0.946. The zero-order valence-electron chi connectivity index (χ0n) is 9.24. The number of carbonyl (C=O) groups excluding carboxylic acids is 1. The van der Waals surface area contributed by atoms with Crippen LogP contribution in [0.4, 0.5) is 0 Å². The number of halogens is 1. The highest BCUT2D eigenvalue weighted by molar-refractivity contribution is 9.10. The number of hydrogen-bond acceptors (Lipinski definition) is 3. The second-order valence-electron chi connectivity index (χ2n) is 3.51. The van der Waals surface area contributed by atoms with Gasteiger partial charge in [-0.2, -0.15) is 0 Å². The van der Waals surface area contributed by atoms with Gasteiger partial charge in [0.25, 0.3) is 5.91 Å². The number of nitrogens with one attached hydrogen (secondary N) is 1. The first kappa shape index (κ1) is 12.3. The Morgan fingerprint density at radius 1 is 1.53 bits per heavy atom. The molecule has 0 fully saturated rings. The normalized spacial score (nSPS) is 10.2. The number of hydrogen-bond donors (Lipinski definition) is 1. The monoisotopic (exact) mass is 310 g/mol. The Hall–Kier alpha value is -1.20. The molecule has 5 heteroatoms. The maximum atomic E-state index is 11.9. The van der Waals surface area contributed by atoms with E-state index >= 15 is 0 Å². The minimum Gasteiger partial charge on any atom is -0.347 e. The van der Waals surface area contributed by atoms with E-state index in [4.69, 9.17) is 0 Å². The maximum Gasteiger partial charge on any atom is 0.253 e. The van der Waals surface area contributed by atoms with Gasteiger partial charge in [0.2, 0.25) is 0 Å². The smallest absolute Gasteiger partial charge is 0.253 e. The molecule has 0 radical (unpaired) electrons. The molecule has 0 atom stereocenters. The zero-order chi connectivity index (χ0) is 12.3. The van der Waals surface area contributed by atoms with Crippen molar-refractivity contribution in [3.8, 4) is 0 Å². The molecule has 2 aromatic rings. The molecule has 2 aromatic heterocycles. The molecule has 88 valence electrons. The van der Waals surface area contributed by atoms with E-state index in [-0.39, 0.29) is 5.91 Å². The van der Waals surface area contributed by atoms with Crippen molar-refractivity contribution < 1.29 is 4.79 Å². The van der Waals surface area contributed by atoms with E-state index in [1.165, 1.54) is 0 Å². The van der Waals surface area contributed by atoms with Gasteiger partial charge in [-0.3, -0.25) is 9.78 Å². The third kappa shape index (κ3) is 2.92. The molecular formula is C12H11BrN2OS. The van der Waals surface area contributed by atoms with Crippen LogP contribution in [-0.4, -0.2) is 10.9 Å². The zero-order valence-corrected chi connectivity index (χ0v) is 11.6. The van der Waals surface area contributed by atoms with Crippen LogP contribution < -0.4 is 5.32 Å². The lowest BCUT2D eigenvalue weighted by molar-refractivity contribution is 0.0950. The number of carbonyl (C=O) groups is 1. The molecule has 0 unspecified atom stereocenters. The molecule has 1 amide bonds. The number of pyridine rings is 1. The molecule has 0 bridgehead atoms. The topological polar surface area (TPSA) is 42.0 Å². The number of nitrogens with zero attached hydrogens (tertiary/aromatic N) is 1. The van der Waals surface area contributed by atoms with Gasteiger partial charge in [0.1, 0.15) is 0 Å². The number of amides is 1. The molecule has 2 rings (SSSR count). The predicted octanol–water partition coefficient (Wildman–Crippen LogP) is 3.14. The molecule has 3 nitrogen and oxygen atoms in total. The lowest BCUT2D eigenvalue weighted by atomic mass is 10.2. The van der Waals surface area contributed by atoms with Crippen LogP contribution in [0.2, 0.25) is 0 Å². The Kier molecular flexibility index (Phi) is 3.91. The van der Waals surface area contributed by atoms with Gasteiger partial charge < -0.3 is 5.32 Å². The molecule has 0 aliphatic carbocycles. The lowest BCUT2D eigenvalue weighted by Gasteiger charge is -2.06. The third-order valence-corrected chi connectivity index (χ3v) is 4.28. The highest BCUT2D eigenvalue weighted by atomic mass is 79.9. The van der Waals surface area contributed by atoms with Crippen molar-refractivity contribution in [3.63, 3.8) is 0 Å². The Morgan fingerprint density at radius 2 is 2.35 bits per heavy atom. The summed E-state index contributed by atoms with van der Waals surface area (Å²) in [5, 5.41) is 4.87. The Labute approximate surface area is 112 Å². The summed E-state index contributed by atoms with van der Waals surface area (Å²) in [6.45, 7) is 2.36. The van der Waals surface area contributed by atoms with E-state index in [0.717, 1.165) is 15.0 Å². The van der Waals surface area contributed by atoms with Crippen molar-refractivity contribution in [1.29, 1.82) is 0 Å². The van der Waals surface area contributed by atoms with Crippen LogP contribution in [-0.2, 0) is 6.54 Å². The lowest BCUT2D eigenvalue weighted by Crippen LogP contribution is -2.23. The summed E-state index contributed by atoms with van der Waals surface area (Å²) >= 11 is 5.05. The number of rotatable bonds is 3. The van der Waals surface area contributed by atoms with Crippen LogP contribution in [0.25, 0.3) is 0 Å². The molecule has 17 heavy (non-hydrogen) atoms. The van der Waals surface area contributed by atoms with Gasteiger partial charge >= 0.3 is 0 Å². The highest BCUT2D eigenvalue weighted by Gasteiger charge is 2.09. The summed E-state index contributed by atoms with van der Waals surface area (Å²) in [7, 11) is 0. The fourth-order valence-electron chi connectivity index (χ4n) is 1.43. The second kappa shape index (κ2) is 5.42. The van der Waals surface area contributed by atoms with Gasteiger partial charge in [-0.05, 0) is 46.4 Å². The van der Waals surface area contributed by atoms with Crippen LogP contribution >= 0.6 is 27.3 Å². The third-order valence-electron chi connectivity index (χ3n) is 2.35. The number of aryl methyl sites for hydroxylation is 1. The number of thiophene rings is 1. The van der Waals surface area contributed by atoms with E-state index in [2.05, 4.69) is 26.2 Å². The molecule has 1 N–H and O–H groups in total. The molecule has 0 aliphatic rings. The van der Waals surface area contributed by atoms with Crippen LogP contribution in [0.3, 0.4) is 0 Å². The SMILES string of the molecule is Cc1ncccc1C(=O)NCc1sccc1Br. The molecule has 0 spiro atoms. The van der Waals surface area contributed by atoms with Crippen LogP contribution in [0, 0.1) is 6.92 Å². The average Bonchev–Trinajstić information content (AvgIpc) is 2.72. The van der Waals surface area contributed by atoms with Crippen LogP contribution in [0.5, 0.6) is 0 Å². The molecular weight excluding hydrogens is 300 g/mol. The first-order valence-electron chi connectivity index (χ1n) is 5.10. The van der Waals surface area contributed by atoms with Gasteiger partial charge in [0.05, 0.1) is 12.1 Å². The summed E-state index contributed by atoms with van der Waals surface area (Å²) in [5.74, 6) is -0.0871.